The van der Waals surface area contributed by atoms with Gasteiger partial charge in [-0.05, 0) is 62.1 Å². The number of nitrogens with one attached hydrogen (secondary N) is 1. The van der Waals surface area contributed by atoms with Gasteiger partial charge < -0.3 is 9.72 Å². The number of aryl methyl sites for hydroxylation is 2. The number of H-pyrrole nitrogens is 1. The SMILES string of the molecule is CCOC(=O)C(Cc1ccccc1)c1[nH]c2ccc(Sc3ccc(C)cn3)c(C)c2c1SC(C)(C)C. The number of hydrogen-bond acceptors (Lipinski definition) is 5. The van der Waals surface area contributed by atoms with Crippen molar-refractivity contribution in [3.05, 3.63) is 83.2 Å². The zero-order valence-electron chi connectivity index (χ0n) is 21.8. The Hall–Kier alpha value is -2.70. The van der Waals surface area contributed by atoms with Gasteiger partial charge in [0.2, 0.25) is 0 Å². The first-order valence-electron chi connectivity index (χ1n) is 12.3. The summed E-state index contributed by atoms with van der Waals surface area (Å²) in [6.45, 7) is 13.1. The predicted octanol–water partition coefficient (Wildman–Crippen LogP) is 8.11. The van der Waals surface area contributed by atoms with Gasteiger partial charge in [-0.3, -0.25) is 4.79 Å². The highest BCUT2D eigenvalue weighted by molar-refractivity contribution is 8.01. The number of nitrogens with zero attached hydrogens (tertiary/aromatic N) is 1. The third-order valence-corrected chi connectivity index (χ3v) is 8.22. The number of rotatable bonds is 8. The summed E-state index contributed by atoms with van der Waals surface area (Å²) < 4.78 is 5.54. The van der Waals surface area contributed by atoms with Crippen molar-refractivity contribution in [2.45, 2.75) is 73.4 Å². The van der Waals surface area contributed by atoms with Crippen molar-refractivity contribution in [1.82, 2.24) is 9.97 Å². The van der Waals surface area contributed by atoms with Gasteiger partial charge >= 0.3 is 5.97 Å². The number of ether oxygens (including phenoxy) is 1. The number of aromatic amines is 1. The molecule has 0 spiro atoms. The van der Waals surface area contributed by atoms with Gasteiger partial charge in [0.1, 0.15) is 10.9 Å². The summed E-state index contributed by atoms with van der Waals surface area (Å²) >= 11 is 3.48. The van der Waals surface area contributed by atoms with Crippen molar-refractivity contribution in [1.29, 1.82) is 0 Å². The molecule has 4 rings (SSSR count). The minimum absolute atomic E-state index is 0.0378. The van der Waals surface area contributed by atoms with E-state index in [9.17, 15) is 4.79 Å². The molecule has 1 unspecified atom stereocenters. The van der Waals surface area contributed by atoms with Crippen LogP contribution in [0, 0.1) is 13.8 Å². The number of benzene rings is 2. The van der Waals surface area contributed by atoms with E-state index in [1.165, 1.54) is 10.9 Å². The fourth-order valence-electron chi connectivity index (χ4n) is 4.22. The largest absolute Gasteiger partial charge is 0.465 e. The van der Waals surface area contributed by atoms with E-state index < -0.39 is 5.92 Å². The highest BCUT2D eigenvalue weighted by Crippen LogP contribution is 2.45. The van der Waals surface area contributed by atoms with Gasteiger partial charge in [0.25, 0.3) is 0 Å². The Bertz CT molecular complexity index is 1340. The Morgan fingerprint density at radius 3 is 2.44 bits per heavy atom. The fraction of sp³-hybridized carbons (Fsp3) is 0.333. The van der Waals surface area contributed by atoms with E-state index in [2.05, 4.69) is 74.1 Å². The molecule has 6 heteroatoms. The average Bonchev–Trinajstić information content (AvgIpc) is 3.18. The van der Waals surface area contributed by atoms with Crippen LogP contribution in [0.5, 0.6) is 0 Å². The number of fused-ring (bicyclic) bond motifs is 1. The van der Waals surface area contributed by atoms with Crippen LogP contribution in [0.25, 0.3) is 10.9 Å². The van der Waals surface area contributed by atoms with Gasteiger partial charge in [-0.2, -0.15) is 0 Å². The van der Waals surface area contributed by atoms with Crippen LogP contribution >= 0.6 is 23.5 Å². The molecule has 2 aromatic heterocycles. The van der Waals surface area contributed by atoms with E-state index in [0.29, 0.717) is 13.0 Å². The van der Waals surface area contributed by atoms with Crippen LogP contribution in [0.1, 0.15) is 56.0 Å². The van der Waals surface area contributed by atoms with Crippen molar-refractivity contribution in [3.8, 4) is 0 Å². The Kier molecular flexibility index (Phi) is 8.16. The lowest BCUT2D eigenvalue weighted by molar-refractivity contribution is -0.145. The molecule has 188 valence electrons. The van der Waals surface area contributed by atoms with E-state index >= 15 is 0 Å². The molecule has 2 aromatic carbocycles. The van der Waals surface area contributed by atoms with Crippen LogP contribution in [-0.2, 0) is 16.0 Å². The number of carbonyl (C=O) groups excluding carboxylic acids is 1. The second-order valence-corrected chi connectivity index (χ2v) is 12.9. The van der Waals surface area contributed by atoms with Crippen LogP contribution in [0.3, 0.4) is 0 Å². The van der Waals surface area contributed by atoms with Crippen molar-refractivity contribution in [2.24, 2.45) is 0 Å². The van der Waals surface area contributed by atoms with Gasteiger partial charge in [-0.15, -0.1) is 11.8 Å². The van der Waals surface area contributed by atoms with E-state index in [1.807, 2.05) is 38.2 Å². The highest BCUT2D eigenvalue weighted by atomic mass is 32.2. The van der Waals surface area contributed by atoms with Crippen LogP contribution in [0.4, 0.5) is 0 Å². The van der Waals surface area contributed by atoms with E-state index in [1.54, 1.807) is 23.5 Å². The standard InChI is InChI=1S/C30H34N2O2S2/c1-7-34-29(33)22(17-21-11-9-8-10-12-21)27-28(36-30(4,5)6)26-20(3)24(15-14-23(26)32-27)35-25-16-13-19(2)18-31-25/h8-16,18,22,32H,7,17H2,1-6H3. The normalized spacial score (nSPS) is 12.6. The predicted molar refractivity (Wildman–Crippen MR) is 151 cm³/mol. The first-order chi connectivity index (χ1) is 17.2. The molecule has 36 heavy (non-hydrogen) atoms. The first kappa shape index (κ1) is 26.4. The summed E-state index contributed by atoms with van der Waals surface area (Å²) in [5, 5.41) is 2.14. The van der Waals surface area contributed by atoms with Crippen molar-refractivity contribution in [2.75, 3.05) is 6.61 Å². The summed E-state index contributed by atoms with van der Waals surface area (Å²) in [6, 6.07) is 18.6. The molecule has 0 aliphatic rings. The maximum absolute atomic E-state index is 13.3. The number of thioether (sulfide) groups is 1. The molecule has 0 amide bonds. The molecule has 0 saturated carbocycles. The van der Waals surface area contributed by atoms with Crippen LogP contribution in [0.2, 0.25) is 0 Å². The zero-order chi connectivity index (χ0) is 25.9. The lowest BCUT2D eigenvalue weighted by atomic mass is 9.96. The Labute approximate surface area is 222 Å². The third-order valence-electron chi connectivity index (χ3n) is 5.87. The number of aromatic nitrogens is 2. The minimum atomic E-state index is -0.418. The smallest absolute Gasteiger partial charge is 0.315 e. The number of pyridine rings is 1. The van der Waals surface area contributed by atoms with E-state index in [0.717, 1.165) is 37.2 Å². The summed E-state index contributed by atoms with van der Waals surface area (Å²) in [5.74, 6) is -0.612. The lowest BCUT2D eigenvalue weighted by Gasteiger charge is -2.22. The molecule has 0 radical (unpaired) electrons. The second kappa shape index (κ2) is 11.1. The van der Waals surface area contributed by atoms with Gasteiger partial charge in [0.15, 0.2) is 0 Å². The zero-order valence-corrected chi connectivity index (χ0v) is 23.5. The maximum atomic E-state index is 13.3. The van der Waals surface area contributed by atoms with Gasteiger partial charge in [-0.1, -0.05) is 68.9 Å². The average molecular weight is 519 g/mol. The Morgan fingerprint density at radius 1 is 1.06 bits per heavy atom. The fourth-order valence-corrected chi connectivity index (χ4v) is 6.36. The molecule has 0 bridgehead atoms. The summed E-state index contributed by atoms with van der Waals surface area (Å²) in [4.78, 5) is 23.8. The molecule has 4 aromatic rings. The topological polar surface area (TPSA) is 55.0 Å². The minimum Gasteiger partial charge on any atom is -0.465 e. The van der Waals surface area contributed by atoms with Gasteiger partial charge in [0.05, 0.1) is 6.61 Å². The third kappa shape index (κ3) is 6.16. The second-order valence-electron chi connectivity index (χ2n) is 9.96. The first-order valence-corrected chi connectivity index (χ1v) is 13.9. The Morgan fingerprint density at radius 2 is 1.81 bits per heavy atom. The lowest BCUT2D eigenvalue weighted by Crippen LogP contribution is -2.20. The van der Waals surface area contributed by atoms with E-state index in [4.69, 9.17) is 4.74 Å². The molecule has 0 fully saturated rings. The highest BCUT2D eigenvalue weighted by Gasteiger charge is 2.31. The van der Waals surface area contributed by atoms with E-state index in [-0.39, 0.29) is 10.7 Å². The van der Waals surface area contributed by atoms with Gasteiger partial charge in [0, 0.05) is 37.3 Å². The number of esters is 1. The number of hydrogen-bond donors (Lipinski definition) is 1. The van der Waals surface area contributed by atoms with Crippen molar-refractivity contribution >= 4 is 40.4 Å². The van der Waals surface area contributed by atoms with Crippen LogP contribution < -0.4 is 0 Å². The Balaban J connectivity index is 1.85. The summed E-state index contributed by atoms with van der Waals surface area (Å²) in [6.07, 6.45) is 2.48. The molecule has 2 heterocycles. The maximum Gasteiger partial charge on any atom is 0.315 e. The van der Waals surface area contributed by atoms with Crippen LogP contribution in [0.15, 0.2) is 75.6 Å². The number of carbonyl (C=O) groups is 1. The molecule has 0 aliphatic heterocycles. The van der Waals surface area contributed by atoms with Crippen molar-refractivity contribution in [3.63, 3.8) is 0 Å². The molecule has 0 saturated heterocycles. The molecule has 4 nitrogen and oxygen atoms in total. The van der Waals surface area contributed by atoms with Crippen LogP contribution in [-0.4, -0.2) is 27.3 Å². The summed E-state index contributed by atoms with van der Waals surface area (Å²) in [5.41, 5.74) is 5.42. The van der Waals surface area contributed by atoms with Gasteiger partial charge in [-0.25, -0.2) is 4.98 Å². The summed E-state index contributed by atoms with van der Waals surface area (Å²) in [7, 11) is 0. The molecule has 1 N–H and O–H groups in total. The monoisotopic (exact) mass is 518 g/mol. The van der Waals surface area contributed by atoms with Crippen molar-refractivity contribution < 1.29 is 9.53 Å². The molecule has 0 aliphatic carbocycles. The molecule has 1 atom stereocenters. The quantitative estimate of drug-likeness (QED) is 0.189. The molecular weight excluding hydrogens is 484 g/mol. The molecular formula is C30H34N2O2S2.